The van der Waals surface area contributed by atoms with Crippen LogP contribution in [0.1, 0.15) is 39.0 Å². The Kier molecular flexibility index (Phi) is 9.76. The van der Waals surface area contributed by atoms with Crippen LogP contribution in [0.2, 0.25) is 0 Å². The van der Waals surface area contributed by atoms with Crippen molar-refractivity contribution in [1.29, 1.82) is 0 Å². The molecule has 192 valence electrons. The summed E-state index contributed by atoms with van der Waals surface area (Å²) in [4.78, 5) is 12.3. The predicted molar refractivity (Wildman–Crippen MR) is 129 cm³/mol. The highest BCUT2D eigenvalue weighted by atomic mass is 32.2. The summed E-state index contributed by atoms with van der Waals surface area (Å²) < 4.78 is 47.0. The third kappa shape index (κ3) is 6.65. The fourth-order valence-electron chi connectivity index (χ4n) is 3.77. The second-order valence-corrected chi connectivity index (χ2v) is 10.5. The molecule has 1 heterocycles. The number of benzene rings is 2. The Morgan fingerprint density at radius 1 is 0.886 bits per heavy atom. The number of hydrogen-bond acceptors (Lipinski definition) is 8. The van der Waals surface area contributed by atoms with E-state index in [9.17, 15) is 13.2 Å². The lowest BCUT2D eigenvalue weighted by molar-refractivity contribution is -0.134. The zero-order chi connectivity index (χ0) is 25.2. The molecule has 0 saturated carbocycles. The van der Waals surface area contributed by atoms with Gasteiger partial charge in [-0.25, -0.2) is 13.9 Å². The second-order valence-electron chi connectivity index (χ2n) is 8.25. The third-order valence-corrected chi connectivity index (χ3v) is 8.40. The van der Waals surface area contributed by atoms with Crippen LogP contribution in [-0.2, 0) is 19.4 Å². The molecule has 0 unspecified atom stereocenters. The minimum absolute atomic E-state index is 0.0131. The standard InChI is InChI=1S/C25H33NO8S/c1-2-3-15-32-20-5-7-21(8-6-20)33-16-4-17-34-22-9-11-23(12-10-22)35(29,30)25(24(27)26-28)13-18-31-19-14-25/h5-12,28H,2-4,13-19H2,1H3,(H,26,27). The minimum Gasteiger partial charge on any atom is -0.494 e. The van der Waals surface area contributed by atoms with Crippen LogP contribution in [0, 0.1) is 0 Å². The van der Waals surface area contributed by atoms with Crippen LogP contribution in [-0.4, -0.2) is 57.3 Å². The molecule has 1 aliphatic heterocycles. The van der Waals surface area contributed by atoms with Crippen molar-refractivity contribution in [1.82, 2.24) is 5.48 Å². The van der Waals surface area contributed by atoms with Crippen LogP contribution in [0.15, 0.2) is 53.4 Å². The van der Waals surface area contributed by atoms with Crippen molar-refractivity contribution in [2.24, 2.45) is 0 Å². The zero-order valence-electron chi connectivity index (χ0n) is 19.9. The van der Waals surface area contributed by atoms with Crippen molar-refractivity contribution < 1.29 is 37.4 Å². The Labute approximate surface area is 206 Å². The lowest BCUT2D eigenvalue weighted by atomic mass is 9.98. The first-order valence-corrected chi connectivity index (χ1v) is 13.3. The average molecular weight is 508 g/mol. The highest BCUT2D eigenvalue weighted by molar-refractivity contribution is 7.93. The van der Waals surface area contributed by atoms with E-state index < -0.39 is 20.5 Å². The van der Waals surface area contributed by atoms with E-state index >= 15 is 0 Å². The van der Waals surface area contributed by atoms with Gasteiger partial charge in [0.1, 0.15) is 17.2 Å². The number of amides is 1. The number of hydrogen-bond donors (Lipinski definition) is 2. The molecule has 9 nitrogen and oxygen atoms in total. The van der Waals surface area contributed by atoms with Gasteiger partial charge in [-0.2, -0.15) is 0 Å². The molecule has 35 heavy (non-hydrogen) atoms. The highest BCUT2D eigenvalue weighted by Crippen LogP contribution is 2.35. The molecule has 0 bridgehead atoms. The smallest absolute Gasteiger partial charge is 0.265 e. The van der Waals surface area contributed by atoms with E-state index in [1.54, 1.807) is 12.1 Å². The summed E-state index contributed by atoms with van der Waals surface area (Å²) in [7, 11) is -4.06. The van der Waals surface area contributed by atoms with E-state index in [1.807, 2.05) is 24.3 Å². The van der Waals surface area contributed by atoms with Crippen molar-refractivity contribution in [2.75, 3.05) is 33.0 Å². The Balaban J connectivity index is 1.48. The number of sulfone groups is 1. The van der Waals surface area contributed by atoms with E-state index in [4.69, 9.17) is 24.2 Å². The van der Waals surface area contributed by atoms with Crippen LogP contribution in [0.3, 0.4) is 0 Å². The van der Waals surface area contributed by atoms with Gasteiger partial charge in [-0.15, -0.1) is 0 Å². The molecule has 2 aromatic carbocycles. The molecule has 0 radical (unpaired) electrons. The number of carbonyl (C=O) groups excluding carboxylic acids is 1. The summed E-state index contributed by atoms with van der Waals surface area (Å²) in [6.07, 6.45) is 2.68. The molecule has 0 aromatic heterocycles. The lowest BCUT2D eigenvalue weighted by Crippen LogP contribution is -2.54. The number of unbranched alkanes of at least 4 members (excludes halogenated alkanes) is 1. The zero-order valence-corrected chi connectivity index (χ0v) is 20.7. The fraction of sp³-hybridized carbons (Fsp3) is 0.480. The summed E-state index contributed by atoms with van der Waals surface area (Å²) in [5, 5.41) is 9.13. The molecular weight excluding hydrogens is 474 g/mol. The average Bonchev–Trinajstić information content (AvgIpc) is 2.89. The van der Waals surface area contributed by atoms with Crippen molar-refractivity contribution in [2.45, 2.75) is 48.7 Å². The van der Waals surface area contributed by atoms with Crippen LogP contribution in [0.4, 0.5) is 0 Å². The van der Waals surface area contributed by atoms with Crippen molar-refractivity contribution in [3.05, 3.63) is 48.5 Å². The molecule has 0 aliphatic carbocycles. The fourth-order valence-corrected chi connectivity index (χ4v) is 5.71. The van der Waals surface area contributed by atoms with Crippen LogP contribution in [0.5, 0.6) is 17.2 Å². The first-order valence-electron chi connectivity index (χ1n) is 11.8. The summed E-state index contributed by atoms with van der Waals surface area (Å²) in [6.45, 7) is 3.91. The normalized spacial score (nSPS) is 15.3. The molecule has 3 rings (SSSR count). The van der Waals surface area contributed by atoms with E-state index in [0.717, 1.165) is 24.3 Å². The largest absolute Gasteiger partial charge is 0.494 e. The molecule has 10 heteroatoms. The topological polar surface area (TPSA) is 120 Å². The third-order valence-electron chi connectivity index (χ3n) is 5.88. The van der Waals surface area contributed by atoms with Crippen LogP contribution >= 0.6 is 0 Å². The number of nitrogens with one attached hydrogen (secondary N) is 1. The number of carbonyl (C=O) groups is 1. The molecule has 1 aliphatic rings. The van der Waals surface area contributed by atoms with E-state index in [-0.39, 0.29) is 31.0 Å². The molecule has 1 amide bonds. The summed E-state index contributed by atoms with van der Waals surface area (Å²) in [6, 6.07) is 13.4. The van der Waals surface area contributed by atoms with E-state index in [0.29, 0.717) is 32.0 Å². The van der Waals surface area contributed by atoms with Gasteiger partial charge in [0.2, 0.25) is 0 Å². The SMILES string of the molecule is CCCCOc1ccc(OCCCOc2ccc(S(=O)(=O)C3(C(=O)NO)CCOCC3)cc2)cc1. The van der Waals surface area contributed by atoms with Gasteiger partial charge in [-0.3, -0.25) is 10.0 Å². The molecule has 2 aromatic rings. The van der Waals surface area contributed by atoms with Gasteiger partial charge in [0.25, 0.3) is 5.91 Å². The van der Waals surface area contributed by atoms with E-state index in [1.165, 1.54) is 17.6 Å². The van der Waals surface area contributed by atoms with Crippen molar-refractivity contribution >= 4 is 15.7 Å². The first-order chi connectivity index (χ1) is 16.9. The second kappa shape index (κ2) is 12.8. The Morgan fingerprint density at radius 3 is 1.80 bits per heavy atom. The molecule has 0 spiro atoms. The van der Waals surface area contributed by atoms with Gasteiger partial charge in [0.05, 0.1) is 24.7 Å². The Morgan fingerprint density at radius 2 is 1.34 bits per heavy atom. The summed E-state index contributed by atoms with van der Waals surface area (Å²) in [5.74, 6) is 1.13. The maximum Gasteiger partial charge on any atom is 0.265 e. The minimum atomic E-state index is -4.06. The molecule has 1 saturated heterocycles. The summed E-state index contributed by atoms with van der Waals surface area (Å²) in [5.41, 5.74) is 1.51. The van der Waals surface area contributed by atoms with Gasteiger partial charge in [-0.05, 0) is 67.8 Å². The highest BCUT2D eigenvalue weighted by Gasteiger charge is 2.52. The molecule has 1 fully saturated rings. The molecule has 2 N–H and O–H groups in total. The van der Waals surface area contributed by atoms with Gasteiger partial charge < -0.3 is 18.9 Å². The summed E-state index contributed by atoms with van der Waals surface area (Å²) >= 11 is 0. The van der Waals surface area contributed by atoms with E-state index in [2.05, 4.69) is 6.92 Å². The van der Waals surface area contributed by atoms with Gasteiger partial charge >= 0.3 is 0 Å². The number of hydroxylamine groups is 1. The first kappa shape index (κ1) is 26.8. The number of rotatable bonds is 13. The van der Waals surface area contributed by atoms with Crippen molar-refractivity contribution in [3.8, 4) is 17.2 Å². The Bertz CT molecular complexity index is 1030. The predicted octanol–water partition coefficient (Wildman–Crippen LogP) is 3.54. The van der Waals surface area contributed by atoms with Crippen LogP contribution < -0.4 is 19.7 Å². The van der Waals surface area contributed by atoms with Crippen molar-refractivity contribution in [3.63, 3.8) is 0 Å². The maximum absolute atomic E-state index is 13.2. The number of ether oxygens (including phenoxy) is 4. The monoisotopic (exact) mass is 507 g/mol. The Hall–Kier alpha value is -2.82. The quantitative estimate of drug-likeness (QED) is 0.240. The van der Waals surface area contributed by atoms with Gasteiger partial charge in [0, 0.05) is 19.6 Å². The molecular formula is C25H33NO8S. The maximum atomic E-state index is 13.2. The van der Waals surface area contributed by atoms with Gasteiger partial charge in [-0.1, -0.05) is 13.3 Å². The van der Waals surface area contributed by atoms with Gasteiger partial charge in [0.15, 0.2) is 14.6 Å². The lowest BCUT2D eigenvalue weighted by Gasteiger charge is -2.34. The van der Waals surface area contributed by atoms with Crippen LogP contribution in [0.25, 0.3) is 0 Å². The molecule has 0 atom stereocenters.